The van der Waals surface area contributed by atoms with E-state index in [1.54, 1.807) is 4.90 Å². The van der Waals surface area contributed by atoms with Crippen LogP contribution in [0.3, 0.4) is 0 Å². The lowest BCUT2D eigenvalue weighted by Crippen LogP contribution is -2.54. The zero-order valence-electron chi connectivity index (χ0n) is 25.6. The fourth-order valence-electron chi connectivity index (χ4n) is 11.3. The van der Waals surface area contributed by atoms with Gasteiger partial charge in [0.25, 0.3) is 0 Å². The summed E-state index contributed by atoms with van der Waals surface area (Å²) >= 11 is 0. The van der Waals surface area contributed by atoms with Gasteiger partial charge in [-0.25, -0.2) is 4.79 Å². The average Bonchev–Trinajstić information content (AvgIpc) is 3.59. The highest BCUT2D eigenvalue weighted by atomic mass is 16.6. The molecular weight excluding hydrogens is 500 g/mol. The van der Waals surface area contributed by atoms with Gasteiger partial charge in [-0.1, -0.05) is 20.8 Å². The van der Waals surface area contributed by atoms with Crippen LogP contribution in [-0.2, 0) is 9.53 Å². The number of aliphatic hydroxyl groups excluding tert-OH is 1. The van der Waals surface area contributed by atoms with E-state index in [9.17, 15) is 14.7 Å². The summed E-state index contributed by atoms with van der Waals surface area (Å²) in [5.41, 5.74) is 0.864. The minimum atomic E-state index is -0.185. The number of hydrogen-bond acceptors (Lipinski definition) is 4. The van der Waals surface area contributed by atoms with E-state index in [1.807, 2.05) is 4.90 Å². The number of amides is 2. The van der Waals surface area contributed by atoms with Crippen LogP contribution in [0, 0.1) is 46.3 Å². The van der Waals surface area contributed by atoms with E-state index >= 15 is 0 Å². The Hall–Kier alpha value is -1.30. The van der Waals surface area contributed by atoms with Gasteiger partial charge in [0, 0.05) is 32.6 Å². The highest BCUT2D eigenvalue weighted by Crippen LogP contribution is 2.68. The summed E-state index contributed by atoms with van der Waals surface area (Å²) in [5.74, 6) is 4.86. The maximum atomic E-state index is 13.2. The van der Waals surface area contributed by atoms with Gasteiger partial charge in [0.2, 0.25) is 5.91 Å². The molecule has 6 heteroatoms. The molecule has 0 aromatic carbocycles. The van der Waals surface area contributed by atoms with Crippen LogP contribution in [-0.4, -0.2) is 65.3 Å². The van der Waals surface area contributed by atoms with Crippen molar-refractivity contribution in [2.24, 2.45) is 46.3 Å². The molecule has 1 saturated heterocycles. The number of nitrogens with zero attached hydrogens (tertiary/aromatic N) is 2. The molecule has 9 atom stereocenters. The van der Waals surface area contributed by atoms with Crippen molar-refractivity contribution in [1.29, 1.82) is 0 Å². The van der Waals surface area contributed by atoms with Crippen molar-refractivity contribution in [3.63, 3.8) is 0 Å². The number of piperazine rings is 1. The van der Waals surface area contributed by atoms with E-state index < -0.39 is 0 Å². The third-order valence-electron chi connectivity index (χ3n) is 13.7. The van der Waals surface area contributed by atoms with Gasteiger partial charge in [0.15, 0.2) is 0 Å². The van der Waals surface area contributed by atoms with Gasteiger partial charge in [-0.05, 0) is 136 Å². The van der Waals surface area contributed by atoms with E-state index in [2.05, 4.69) is 20.8 Å². The molecule has 1 heterocycles. The van der Waals surface area contributed by atoms with Crippen molar-refractivity contribution in [3.8, 4) is 0 Å². The molecule has 0 bridgehead atoms. The Morgan fingerprint density at radius 2 is 1.52 bits per heavy atom. The number of carbonyl (C=O) groups is 2. The first-order chi connectivity index (χ1) is 19.2. The molecule has 5 saturated carbocycles. The third kappa shape index (κ3) is 5.22. The highest BCUT2D eigenvalue weighted by molar-refractivity contribution is 5.76. The standard InChI is InChI=1S/C34H56N2O4/c1-23(8-13-31(38)35-18-20-36(21-19-35)32(39)40-26-6-4-5-7-26)28-11-12-29-27-10-9-24-22-25(37)14-16-33(24,2)30(27)15-17-34(28,29)3/h23-30,37H,4-22H2,1-3H3/t23?,24-,25-,27-,28+,29-,30-,33-,34+/m0/s1. The van der Waals surface area contributed by atoms with Crippen molar-refractivity contribution < 1.29 is 19.4 Å². The molecule has 6 fully saturated rings. The van der Waals surface area contributed by atoms with Crippen LogP contribution in [0.4, 0.5) is 4.79 Å². The second-order valence-electron chi connectivity index (χ2n) is 15.5. The van der Waals surface area contributed by atoms with Crippen LogP contribution in [0.5, 0.6) is 0 Å². The average molecular weight is 557 g/mol. The van der Waals surface area contributed by atoms with E-state index in [4.69, 9.17) is 4.74 Å². The van der Waals surface area contributed by atoms with E-state index in [0.717, 1.165) is 74.5 Å². The quantitative estimate of drug-likeness (QED) is 0.412. The lowest BCUT2D eigenvalue weighted by Gasteiger charge is -2.61. The zero-order chi connectivity index (χ0) is 28.1. The molecule has 0 aromatic rings. The normalized spacial score (nSPS) is 42.6. The van der Waals surface area contributed by atoms with Crippen LogP contribution in [0.1, 0.15) is 117 Å². The number of rotatable bonds is 5. The Morgan fingerprint density at radius 3 is 2.27 bits per heavy atom. The topological polar surface area (TPSA) is 70.1 Å². The van der Waals surface area contributed by atoms with Crippen LogP contribution in [0.15, 0.2) is 0 Å². The number of fused-ring (bicyclic) bond motifs is 5. The number of carbonyl (C=O) groups excluding carboxylic acids is 2. The van der Waals surface area contributed by atoms with Gasteiger partial charge in [-0.2, -0.15) is 0 Å². The maximum absolute atomic E-state index is 13.2. The molecule has 226 valence electrons. The second kappa shape index (κ2) is 11.4. The molecule has 2 amide bonds. The first kappa shape index (κ1) is 28.8. The van der Waals surface area contributed by atoms with E-state index in [1.165, 1.54) is 44.9 Å². The summed E-state index contributed by atoms with van der Waals surface area (Å²) < 4.78 is 5.68. The molecular formula is C34H56N2O4. The summed E-state index contributed by atoms with van der Waals surface area (Å²) in [6.45, 7) is 10.1. The van der Waals surface area contributed by atoms with Gasteiger partial charge in [-0.15, -0.1) is 0 Å². The highest BCUT2D eigenvalue weighted by Gasteiger charge is 2.60. The molecule has 5 aliphatic carbocycles. The Balaban J connectivity index is 0.990. The predicted molar refractivity (Wildman–Crippen MR) is 157 cm³/mol. The van der Waals surface area contributed by atoms with Gasteiger partial charge in [-0.3, -0.25) is 4.79 Å². The summed E-state index contributed by atoms with van der Waals surface area (Å²) in [7, 11) is 0. The third-order valence-corrected chi connectivity index (χ3v) is 13.7. The van der Waals surface area contributed by atoms with Gasteiger partial charge in [0.05, 0.1) is 6.10 Å². The Bertz CT molecular complexity index is 927. The second-order valence-corrected chi connectivity index (χ2v) is 15.5. The maximum Gasteiger partial charge on any atom is 0.410 e. The summed E-state index contributed by atoms with van der Waals surface area (Å²) in [6, 6.07) is 0. The fourth-order valence-corrected chi connectivity index (χ4v) is 11.3. The van der Waals surface area contributed by atoms with Crippen LogP contribution in [0.2, 0.25) is 0 Å². The first-order valence-electron chi connectivity index (χ1n) is 17.1. The number of ether oxygens (including phenoxy) is 1. The first-order valence-corrected chi connectivity index (χ1v) is 17.1. The molecule has 6 rings (SSSR count). The van der Waals surface area contributed by atoms with Gasteiger partial charge >= 0.3 is 6.09 Å². The van der Waals surface area contributed by atoms with Crippen molar-refractivity contribution >= 4 is 12.0 Å². The van der Waals surface area contributed by atoms with E-state index in [-0.39, 0.29) is 24.2 Å². The lowest BCUT2D eigenvalue weighted by molar-refractivity contribution is -0.134. The molecule has 6 aliphatic rings. The van der Waals surface area contributed by atoms with Crippen molar-refractivity contribution in [3.05, 3.63) is 0 Å². The molecule has 1 aliphatic heterocycles. The number of hydrogen-bond donors (Lipinski definition) is 1. The van der Waals surface area contributed by atoms with Crippen molar-refractivity contribution in [1.82, 2.24) is 9.80 Å². The monoisotopic (exact) mass is 556 g/mol. The molecule has 0 radical (unpaired) electrons. The summed E-state index contributed by atoms with van der Waals surface area (Å²) in [6.07, 6.45) is 17.2. The molecule has 40 heavy (non-hydrogen) atoms. The molecule has 6 nitrogen and oxygen atoms in total. The van der Waals surface area contributed by atoms with Crippen LogP contribution in [0.25, 0.3) is 0 Å². The SMILES string of the molecule is CC(CCC(=O)N1CCN(C(=O)OC2CCCC2)CC1)[C@H]1CC[C@H]2[C@@H]3CC[C@H]4C[C@@H](O)CC[C@]4(C)[C@H]3CC[C@]12C. The molecule has 1 N–H and O–H groups in total. The summed E-state index contributed by atoms with van der Waals surface area (Å²) in [4.78, 5) is 29.5. The smallest absolute Gasteiger partial charge is 0.410 e. The van der Waals surface area contributed by atoms with Crippen LogP contribution >= 0.6 is 0 Å². The van der Waals surface area contributed by atoms with Crippen molar-refractivity contribution in [2.75, 3.05) is 26.2 Å². The molecule has 0 aromatic heterocycles. The van der Waals surface area contributed by atoms with Crippen molar-refractivity contribution in [2.45, 2.75) is 129 Å². The molecule has 0 spiro atoms. The largest absolute Gasteiger partial charge is 0.446 e. The predicted octanol–water partition coefficient (Wildman–Crippen LogP) is 6.65. The molecule has 1 unspecified atom stereocenters. The summed E-state index contributed by atoms with van der Waals surface area (Å²) in [5, 5.41) is 10.4. The minimum absolute atomic E-state index is 0.0649. The van der Waals surface area contributed by atoms with E-state index in [0.29, 0.717) is 49.3 Å². The Morgan fingerprint density at radius 1 is 0.850 bits per heavy atom. The lowest BCUT2D eigenvalue weighted by atomic mass is 9.44. The van der Waals surface area contributed by atoms with Crippen LogP contribution < -0.4 is 0 Å². The Kier molecular flexibility index (Phi) is 8.22. The van der Waals surface area contributed by atoms with Gasteiger partial charge < -0.3 is 19.6 Å². The fraction of sp³-hybridized carbons (Fsp3) is 0.941. The minimum Gasteiger partial charge on any atom is -0.446 e. The van der Waals surface area contributed by atoms with Gasteiger partial charge in [0.1, 0.15) is 6.10 Å². The number of aliphatic hydroxyl groups is 1. The Labute approximate surface area is 242 Å². The zero-order valence-corrected chi connectivity index (χ0v) is 25.6.